The van der Waals surface area contributed by atoms with E-state index < -0.39 is 10.0 Å². The van der Waals surface area contributed by atoms with E-state index in [2.05, 4.69) is 10.2 Å². The maximum atomic E-state index is 12.7. The number of fused-ring (bicyclic) bond motifs is 1. The van der Waals surface area contributed by atoms with Crippen LogP contribution < -0.4 is 9.47 Å². The Labute approximate surface area is 155 Å². The van der Waals surface area contributed by atoms with Gasteiger partial charge in [-0.05, 0) is 30.3 Å². The molecule has 1 aliphatic rings. The third-order valence-corrected chi connectivity index (χ3v) is 6.35. The van der Waals surface area contributed by atoms with Crippen LogP contribution in [0.25, 0.3) is 10.9 Å². The molecule has 0 amide bonds. The van der Waals surface area contributed by atoms with Gasteiger partial charge in [-0.2, -0.15) is 9.40 Å². The van der Waals surface area contributed by atoms with Crippen LogP contribution >= 0.6 is 11.6 Å². The molecule has 1 fully saturated rings. The van der Waals surface area contributed by atoms with Gasteiger partial charge >= 0.3 is 0 Å². The normalized spacial score (nSPS) is 15.8. The summed E-state index contributed by atoms with van der Waals surface area (Å²) in [6.45, 7) is 0.526. The molecule has 4 rings (SSSR count). The molecule has 7 nitrogen and oxygen atoms in total. The minimum atomic E-state index is -3.57. The Kier molecular flexibility index (Phi) is 4.26. The summed E-state index contributed by atoms with van der Waals surface area (Å²) in [7, 11) is -2.03. The van der Waals surface area contributed by atoms with Crippen molar-refractivity contribution in [2.24, 2.45) is 0 Å². The number of halogens is 1. The zero-order chi connectivity index (χ0) is 18.3. The van der Waals surface area contributed by atoms with E-state index in [-0.39, 0.29) is 24.1 Å². The summed E-state index contributed by atoms with van der Waals surface area (Å²) in [5.74, 6) is 1.06. The number of nitrogens with one attached hydrogen (secondary N) is 1. The molecule has 2 aromatic carbocycles. The van der Waals surface area contributed by atoms with E-state index in [1.807, 2.05) is 0 Å². The molecule has 1 saturated heterocycles. The third kappa shape index (κ3) is 3.00. The van der Waals surface area contributed by atoms with Gasteiger partial charge in [0.2, 0.25) is 10.0 Å². The van der Waals surface area contributed by atoms with Crippen LogP contribution in [-0.2, 0) is 10.0 Å². The highest BCUT2D eigenvalue weighted by Gasteiger charge is 2.38. The maximum absolute atomic E-state index is 12.7. The molecule has 0 saturated carbocycles. The van der Waals surface area contributed by atoms with Gasteiger partial charge < -0.3 is 9.47 Å². The average molecular weight is 394 g/mol. The Morgan fingerprint density at radius 2 is 2.00 bits per heavy atom. The number of aromatic nitrogens is 2. The molecule has 1 aliphatic heterocycles. The lowest BCUT2D eigenvalue weighted by Crippen LogP contribution is -2.55. The molecule has 2 heterocycles. The Morgan fingerprint density at radius 1 is 1.19 bits per heavy atom. The van der Waals surface area contributed by atoms with Crippen LogP contribution in [0.4, 0.5) is 0 Å². The number of sulfonamides is 1. The van der Waals surface area contributed by atoms with Crippen LogP contribution in [-0.4, -0.2) is 49.2 Å². The van der Waals surface area contributed by atoms with Crippen molar-refractivity contribution < 1.29 is 17.9 Å². The molecule has 1 N–H and O–H groups in total. The first-order valence-corrected chi connectivity index (χ1v) is 9.72. The predicted octanol–water partition coefficient (Wildman–Crippen LogP) is 2.68. The van der Waals surface area contributed by atoms with Gasteiger partial charge in [0.25, 0.3) is 0 Å². The number of methoxy groups -OCH3 is 1. The maximum Gasteiger partial charge on any atom is 0.243 e. The molecular weight excluding hydrogens is 378 g/mol. The van der Waals surface area contributed by atoms with Gasteiger partial charge in [0.05, 0.1) is 36.8 Å². The van der Waals surface area contributed by atoms with Crippen molar-refractivity contribution in [3.05, 3.63) is 47.6 Å². The molecule has 0 radical (unpaired) electrons. The zero-order valence-corrected chi connectivity index (χ0v) is 15.4. The van der Waals surface area contributed by atoms with Crippen molar-refractivity contribution in [2.75, 3.05) is 20.2 Å². The minimum Gasteiger partial charge on any atom is -0.493 e. The van der Waals surface area contributed by atoms with Gasteiger partial charge in [0.15, 0.2) is 11.5 Å². The van der Waals surface area contributed by atoms with Crippen molar-refractivity contribution in [1.82, 2.24) is 14.5 Å². The molecule has 9 heteroatoms. The fraction of sp³-hybridized carbons (Fsp3) is 0.235. The average Bonchev–Trinajstić information content (AvgIpc) is 3.05. The van der Waals surface area contributed by atoms with E-state index in [1.54, 1.807) is 49.7 Å². The third-order valence-electron chi connectivity index (χ3n) is 4.29. The smallest absolute Gasteiger partial charge is 0.243 e. The van der Waals surface area contributed by atoms with Crippen LogP contribution in [0.5, 0.6) is 11.5 Å². The van der Waals surface area contributed by atoms with Gasteiger partial charge in [0, 0.05) is 16.5 Å². The number of benzene rings is 2. The highest BCUT2D eigenvalue weighted by atomic mass is 35.5. The fourth-order valence-corrected chi connectivity index (χ4v) is 4.51. The topological polar surface area (TPSA) is 84.5 Å². The van der Waals surface area contributed by atoms with E-state index in [9.17, 15) is 8.42 Å². The summed E-state index contributed by atoms with van der Waals surface area (Å²) in [5.41, 5.74) is 0.683. The molecule has 0 spiro atoms. The second-order valence-electron chi connectivity index (χ2n) is 5.98. The van der Waals surface area contributed by atoms with Gasteiger partial charge in [-0.3, -0.25) is 5.10 Å². The first-order chi connectivity index (χ1) is 12.5. The molecule has 26 heavy (non-hydrogen) atoms. The van der Waals surface area contributed by atoms with Crippen LogP contribution in [0, 0.1) is 0 Å². The summed E-state index contributed by atoms with van der Waals surface area (Å²) in [6, 6.07) is 9.98. The first-order valence-electron chi connectivity index (χ1n) is 7.91. The molecule has 1 aromatic heterocycles. The molecule has 3 aromatic rings. The van der Waals surface area contributed by atoms with Crippen molar-refractivity contribution in [3.8, 4) is 11.5 Å². The lowest BCUT2D eigenvalue weighted by Gasteiger charge is -2.38. The lowest BCUT2D eigenvalue weighted by molar-refractivity contribution is 0.0736. The quantitative estimate of drug-likeness (QED) is 0.720. The minimum absolute atomic E-state index is 0.230. The number of ether oxygens (including phenoxy) is 2. The lowest BCUT2D eigenvalue weighted by atomic mass is 10.2. The van der Waals surface area contributed by atoms with Crippen molar-refractivity contribution in [2.45, 2.75) is 11.0 Å². The highest BCUT2D eigenvalue weighted by Crippen LogP contribution is 2.33. The zero-order valence-electron chi connectivity index (χ0n) is 13.8. The summed E-state index contributed by atoms with van der Waals surface area (Å²) in [6.07, 6.45) is 1.39. The Balaban J connectivity index is 1.48. The van der Waals surface area contributed by atoms with Gasteiger partial charge in [-0.15, -0.1) is 0 Å². The predicted molar refractivity (Wildman–Crippen MR) is 97.3 cm³/mol. The van der Waals surface area contributed by atoms with E-state index in [4.69, 9.17) is 21.1 Å². The number of H-pyrrole nitrogens is 1. The number of aromatic amines is 1. The summed E-state index contributed by atoms with van der Waals surface area (Å²) >= 11 is 5.99. The van der Waals surface area contributed by atoms with E-state index in [0.29, 0.717) is 22.0 Å². The van der Waals surface area contributed by atoms with Crippen molar-refractivity contribution in [3.63, 3.8) is 0 Å². The largest absolute Gasteiger partial charge is 0.493 e. The summed E-state index contributed by atoms with van der Waals surface area (Å²) < 4.78 is 38.0. The fourth-order valence-electron chi connectivity index (χ4n) is 2.82. The number of rotatable bonds is 5. The van der Waals surface area contributed by atoms with Gasteiger partial charge in [-0.25, -0.2) is 8.42 Å². The Bertz CT molecular complexity index is 1060. The number of hydrogen-bond acceptors (Lipinski definition) is 5. The summed E-state index contributed by atoms with van der Waals surface area (Å²) in [5, 5.41) is 8.08. The van der Waals surface area contributed by atoms with Gasteiger partial charge in [0.1, 0.15) is 6.10 Å². The monoisotopic (exact) mass is 393 g/mol. The second-order valence-corrected chi connectivity index (χ2v) is 8.35. The van der Waals surface area contributed by atoms with E-state index in [1.165, 1.54) is 4.31 Å². The molecule has 136 valence electrons. The standard InChI is InChI=1S/C17H16ClN3O4S/c1-24-16-5-3-12(18)6-17(16)25-13-9-21(10-13)26(22,23)14-4-2-11-8-19-20-15(11)7-14/h2-8,13H,9-10H2,1H3,(H,19,20). The Hall–Kier alpha value is -2.29. The van der Waals surface area contributed by atoms with Crippen molar-refractivity contribution in [1.29, 1.82) is 0 Å². The van der Waals surface area contributed by atoms with Crippen LogP contribution in [0.2, 0.25) is 5.02 Å². The molecule has 0 aliphatic carbocycles. The van der Waals surface area contributed by atoms with E-state index in [0.717, 1.165) is 5.39 Å². The first kappa shape index (κ1) is 17.1. The molecular formula is C17H16ClN3O4S. The molecule has 0 unspecified atom stereocenters. The molecule has 0 bridgehead atoms. The highest BCUT2D eigenvalue weighted by molar-refractivity contribution is 7.89. The number of hydrogen-bond donors (Lipinski definition) is 1. The number of nitrogens with zero attached hydrogens (tertiary/aromatic N) is 2. The van der Waals surface area contributed by atoms with Crippen LogP contribution in [0.15, 0.2) is 47.5 Å². The van der Waals surface area contributed by atoms with Crippen LogP contribution in [0.1, 0.15) is 0 Å². The molecule has 0 atom stereocenters. The van der Waals surface area contributed by atoms with E-state index >= 15 is 0 Å². The second kappa shape index (κ2) is 6.46. The van der Waals surface area contributed by atoms with Crippen LogP contribution in [0.3, 0.4) is 0 Å². The van der Waals surface area contributed by atoms with Crippen molar-refractivity contribution >= 4 is 32.5 Å². The Morgan fingerprint density at radius 3 is 2.77 bits per heavy atom. The summed E-state index contributed by atoms with van der Waals surface area (Å²) in [4.78, 5) is 0.230. The SMILES string of the molecule is COc1ccc(Cl)cc1OC1CN(S(=O)(=O)c2ccc3cn[nH]c3c2)C1. The van der Waals surface area contributed by atoms with Gasteiger partial charge in [-0.1, -0.05) is 11.6 Å².